The molecule has 0 spiro atoms. The molecule has 0 atom stereocenters. The van der Waals surface area contributed by atoms with Crippen LogP contribution in [0.2, 0.25) is 0 Å². The summed E-state index contributed by atoms with van der Waals surface area (Å²) >= 11 is 0. The van der Waals surface area contributed by atoms with E-state index in [4.69, 9.17) is 0 Å². The molecule has 1 aliphatic carbocycles. The number of hydrogen-bond donors (Lipinski definition) is 0. The molecule has 0 saturated heterocycles. The molecule has 0 heterocycles. The van der Waals surface area contributed by atoms with Crippen molar-refractivity contribution < 1.29 is 0 Å². The van der Waals surface area contributed by atoms with Gasteiger partial charge in [0.15, 0.2) is 0 Å². The van der Waals surface area contributed by atoms with E-state index in [1.165, 1.54) is 22.3 Å². The molecule has 0 unspecified atom stereocenters. The molecule has 0 aromatic carbocycles. The summed E-state index contributed by atoms with van der Waals surface area (Å²) in [5, 5.41) is 0. The lowest BCUT2D eigenvalue weighted by Crippen LogP contribution is -1.83. The van der Waals surface area contributed by atoms with Crippen molar-refractivity contribution in [1.29, 1.82) is 0 Å². The molecular formula is C12H16. The molecule has 0 N–H and O–H groups in total. The molecular weight excluding hydrogens is 144 g/mol. The maximum Gasteiger partial charge on any atom is -0.0395 e. The first-order chi connectivity index (χ1) is 5.59. The van der Waals surface area contributed by atoms with E-state index in [9.17, 15) is 0 Å². The van der Waals surface area contributed by atoms with Crippen LogP contribution < -0.4 is 0 Å². The molecule has 12 heavy (non-hydrogen) atoms. The number of allylic oxidation sites excluding steroid dienone is 8. The van der Waals surface area contributed by atoms with E-state index in [2.05, 4.69) is 52.0 Å². The van der Waals surface area contributed by atoms with Crippen molar-refractivity contribution >= 4 is 0 Å². The summed E-state index contributed by atoms with van der Waals surface area (Å²) < 4.78 is 0. The summed E-state index contributed by atoms with van der Waals surface area (Å²) in [6.07, 6.45) is 8.76. The Bertz CT molecular complexity index is 296. The fraction of sp³-hybridized carbons (Fsp3) is 0.333. The zero-order valence-electron chi connectivity index (χ0n) is 8.31. The Morgan fingerprint density at radius 2 is 1.33 bits per heavy atom. The van der Waals surface area contributed by atoms with Crippen LogP contribution >= 0.6 is 0 Å². The predicted molar refractivity (Wildman–Crippen MR) is 55.0 cm³/mol. The Labute approximate surface area is 75.0 Å². The minimum Gasteiger partial charge on any atom is -0.0590 e. The molecule has 0 bridgehead atoms. The molecule has 0 heteroatoms. The normalized spacial score (nSPS) is 18.3. The van der Waals surface area contributed by atoms with Crippen molar-refractivity contribution in [1.82, 2.24) is 0 Å². The monoisotopic (exact) mass is 160 g/mol. The van der Waals surface area contributed by atoms with E-state index in [0.29, 0.717) is 0 Å². The highest BCUT2D eigenvalue weighted by Crippen LogP contribution is 2.15. The van der Waals surface area contributed by atoms with Gasteiger partial charge in [-0.3, -0.25) is 0 Å². The lowest BCUT2D eigenvalue weighted by molar-refractivity contribution is 1.31. The summed E-state index contributed by atoms with van der Waals surface area (Å²) in [7, 11) is 0. The zero-order valence-corrected chi connectivity index (χ0v) is 8.31. The highest BCUT2D eigenvalue weighted by Gasteiger charge is 1.94. The van der Waals surface area contributed by atoms with Crippen molar-refractivity contribution in [3.05, 3.63) is 46.6 Å². The Balaban J connectivity index is 3.11. The minimum absolute atomic E-state index is 1.32. The molecule has 0 saturated carbocycles. The maximum absolute atomic E-state index is 2.22. The summed E-state index contributed by atoms with van der Waals surface area (Å²) in [5.74, 6) is 0. The molecule has 1 rings (SSSR count). The van der Waals surface area contributed by atoms with Crippen LogP contribution in [0.25, 0.3) is 0 Å². The van der Waals surface area contributed by atoms with Crippen LogP contribution in [0.4, 0.5) is 0 Å². The Morgan fingerprint density at radius 3 is 2.00 bits per heavy atom. The highest BCUT2D eigenvalue weighted by molar-refractivity contribution is 5.41. The van der Waals surface area contributed by atoms with Crippen molar-refractivity contribution in [3.63, 3.8) is 0 Å². The Hall–Kier alpha value is -1.04. The number of rotatable bonds is 0. The molecule has 0 fully saturated rings. The van der Waals surface area contributed by atoms with E-state index in [0.717, 1.165) is 0 Å². The quantitative estimate of drug-likeness (QED) is 0.506. The lowest BCUT2D eigenvalue weighted by atomic mass is 10.0. The van der Waals surface area contributed by atoms with Gasteiger partial charge in [-0.05, 0) is 38.8 Å². The fourth-order valence-electron chi connectivity index (χ4n) is 1.29. The van der Waals surface area contributed by atoms with Crippen LogP contribution in [0, 0.1) is 0 Å². The second kappa shape index (κ2) is 3.57. The highest BCUT2D eigenvalue weighted by atomic mass is 14.0. The fourth-order valence-corrected chi connectivity index (χ4v) is 1.29. The standard InChI is InChI=1S/C12H16/c1-9-5-6-11(3)12(4)8-10(2)7-9/h5-8H,1-4H3. The largest absolute Gasteiger partial charge is 0.0590 e. The molecule has 1 aliphatic rings. The van der Waals surface area contributed by atoms with E-state index >= 15 is 0 Å². The van der Waals surface area contributed by atoms with Crippen LogP contribution in [-0.4, -0.2) is 0 Å². The Kier molecular flexibility index (Phi) is 2.69. The summed E-state index contributed by atoms with van der Waals surface area (Å²) in [6, 6.07) is 0. The van der Waals surface area contributed by atoms with Crippen LogP contribution in [0.3, 0.4) is 0 Å². The first kappa shape index (κ1) is 9.05. The third kappa shape index (κ3) is 2.23. The summed E-state index contributed by atoms with van der Waals surface area (Å²) in [6.45, 7) is 8.56. The van der Waals surface area contributed by atoms with Crippen LogP contribution in [0.1, 0.15) is 27.7 Å². The smallest absolute Gasteiger partial charge is 0.0395 e. The van der Waals surface area contributed by atoms with Gasteiger partial charge in [-0.15, -0.1) is 0 Å². The van der Waals surface area contributed by atoms with Gasteiger partial charge in [0.2, 0.25) is 0 Å². The van der Waals surface area contributed by atoms with Gasteiger partial charge in [0, 0.05) is 0 Å². The molecule has 0 aromatic heterocycles. The van der Waals surface area contributed by atoms with E-state index in [1.807, 2.05) is 0 Å². The van der Waals surface area contributed by atoms with Gasteiger partial charge in [0.1, 0.15) is 0 Å². The Morgan fingerprint density at radius 1 is 0.667 bits per heavy atom. The van der Waals surface area contributed by atoms with Gasteiger partial charge < -0.3 is 0 Å². The minimum atomic E-state index is 1.32. The van der Waals surface area contributed by atoms with Gasteiger partial charge in [-0.25, -0.2) is 0 Å². The average Bonchev–Trinajstić information content (AvgIpc) is 1.98. The SMILES string of the molecule is CC1=CC(C)=CC(C)=C(C)C=C1. The first-order valence-corrected chi connectivity index (χ1v) is 4.32. The van der Waals surface area contributed by atoms with Crippen molar-refractivity contribution in [2.75, 3.05) is 0 Å². The maximum atomic E-state index is 2.22. The van der Waals surface area contributed by atoms with Gasteiger partial charge in [-0.2, -0.15) is 0 Å². The third-order valence-electron chi connectivity index (χ3n) is 2.12. The van der Waals surface area contributed by atoms with Crippen LogP contribution in [0.5, 0.6) is 0 Å². The summed E-state index contributed by atoms with van der Waals surface area (Å²) in [5.41, 5.74) is 5.35. The predicted octanol–water partition coefficient (Wildman–Crippen LogP) is 3.79. The van der Waals surface area contributed by atoms with Crippen LogP contribution in [0.15, 0.2) is 46.6 Å². The molecule has 0 nitrogen and oxygen atoms in total. The van der Waals surface area contributed by atoms with Gasteiger partial charge >= 0.3 is 0 Å². The second-order valence-corrected chi connectivity index (χ2v) is 3.48. The zero-order chi connectivity index (χ0) is 9.14. The van der Waals surface area contributed by atoms with Gasteiger partial charge in [-0.1, -0.05) is 35.5 Å². The number of hydrogen-bond acceptors (Lipinski definition) is 0. The lowest BCUT2D eigenvalue weighted by Gasteiger charge is -2.04. The molecule has 0 aromatic rings. The third-order valence-corrected chi connectivity index (χ3v) is 2.12. The van der Waals surface area contributed by atoms with E-state index in [1.54, 1.807) is 0 Å². The van der Waals surface area contributed by atoms with E-state index in [-0.39, 0.29) is 0 Å². The topological polar surface area (TPSA) is 0 Å². The molecule has 0 aliphatic heterocycles. The van der Waals surface area contributed by atoms with E-state index < -0.39 is 0 Å². The van der Waals surface area contributed by atoms with Gasteiger partial charge in [0.05, 0.1) is 0 Å². The summed E-state index contributed by atoms with van der Waals surface area (Å²) in [4.78, 5) is 0. The van der Waals surface area contributed by atoms with Crippen molar-refractivity contribution in [3.8, 4) is 0 Å². The van der Waals surface area contributed by atoms with Crippen molar-refractivity contribution in [2.24, 2.45) is 0 Å². The van der Waals surface area contributed by atoms with Crippen LogP contribution in [-0.2, 0) is 0 Å². The molecule has 0 amide bonds. The second-order valence-electron chi connectivity index (χ2n) is 3.48. The van der Waals surface area contributed by atoms with Crippen molar-refractivity contribution in [2.45, 2.75) is 27.7 Å². The molecule has 64 valence electrons. The average molecular weight is 160 g/mol. The first-order valence-electron chi connectivity index (χ1n) is 4.32. The molecule has 0 radical (unpaired) electrons. The van der Waals surface area contributed by atoms with Gasteiger partial charge in [0.25, 0.3) is 0 Å².